The Morgan fingerprint density at radius 1 is 1.56 bits per heavy atom. The van der Waals surface area contributed by atoms with E-state index in [0.717, 1.165) is 42.7 Å². The van der Waals surface area contributed by atoms with Crippen molar-refractivity contribution in [1.29, 1.82) is 0 Å². The second-order valence-corrected chi connectivity index (χ2v) is 4.69. The second-order valence-electron chi connectivity index (χ2n) is 4.42. The van der Waals surface area contributed by atoms with Gasteiger partial charge in [-0.3, -0.25) is 4.79 Å². The van der Waals surface area contributed by atoms with E-state index in [1.165, 1.54) is 0 Å². The van der Waals surface area contributed by atoms with Gasteiger partial charge in [0.1, 0.15) is 12.1 Å². The Bertz CT molecular complexity index is 590. The number of halogens is 1. The summed E-state index contributed by atoms with van der Waals surface area (Å²) in [5, 5.41) is 0. The van der Waals surface area contributed by atoms with Crippen LogP contribution in [-0.4, -0.2) is 28.5 Å². The number of fused-ring (bicyclic) bond motifs is 1. The Labute approximate surface area is 110 Å². The lowest BCUT2D eigenvalue weighted by Crippen LogP contribution is -2.31. The zero-order valence-corrected chi connectivity index (χ0v) is 10.6. The molecule has 0 saturated carbocycles. The standard InChI is InChI=1S/C13H13ClN2O2/c14-6-13-15-11-2-1-9(8-17)5-12(11)16(13)7-10-3-4-18-10/h1-2,5,8,10H,3-4,6-7H2. The maximum Gasteiger partial charge on any atom is 0.150 e. The molecule has 0 N–H and O–H groups in total. The van der Waals surface area contributed by atoms with Crippen molar-refractivity contribution in [2.45, 2.75) is 24.9 Å². The third-order valence-electron chi connectivity index (χ3n) is 3.29. The largest absolute Gasteiger partial charge is 0.376 e. The fourth-order valence-electron chi connectivity index (χ4n) is 2.20. The number of benzene rings is 1. The first-order valence-corrected chi connectivity index (χ1v) is 6.47. The summed E-state index contributed by atoms with van der Waals surface area (Å²) in [5.41, 5.74) is 2.47. The van der Waals surface area contributed by atoms with Crippen LogP contribution in [0.25, 0.3) is 11.0 Å². The summed E-state index contributed by atoms with van der Waals surface area (Å²) < 4.78 is 7.50. The van der Waals surface area contributed by atoms with Gasteiger partial charge in [-0.15, -0.1) is 11.6 Å². The van der Waals surface area contributed by atoms with E-state index in [1.807, 2.05) is 12.1 Å². The third-order valence-corrected chi connectivity index (χ3v) is 3.53. The van der Waals surface area contributed by atoms with Gasteiger partial charge in [-0.05, 0) is 24.6 Å². The number of hydrogen-bond donors (Lipinski definition) is 0. The van der Waals surface area contributed by atoms with E-state index in [1.54, 1.807) is 6.07 Å². The van der Waals surface area contributed by atoms with Gasteiger partial charge in [-0.2, -0.15) is 0 Å². The molecule has 3 rings (SSSR count). The molecule has 1 aliphatic rings. The van der Waals surface area contributed by atoms with E-state index < -0.39 is 0 Å². The maximum atomic E-state index is 10.8. The van der Waals surface area contributed by atoms with Crippen LogP contribution in [0.1, 0.15) is 22.6 Å². The Morgan fingerprint density at radius 2 is 2.39 bits per heavy atom. The molecular weight excluding hydrogens is 252 g/mol. The van der Waals surface area contributed by atoms with Crippen molar-refractivity contribution in [2.24, 2.45) is 0 Å². The average molecular weight is 265 g/mol. The molecule has 0 amide bonds. The minimum atomic E-state index is 0.240. The number of imidazole rings is 1. The zero-order valence-electron chi connectivity index (χ0n) is 9.80. The lowest BCUT2D eigenvalue weighted by Gasteiger charge is -2.27. The van der Waals surface area contributed by atoms with Crippen LogP contribution in [0.5, 0.6) is 0 Å². The van der Waals surface area contributed by atoms with Gasteiger partial charge < -0.3 is 9.30 Å². The summed E-state index contributed by atoms with van der Waals surface area (Å²) in [4.78, 5) is 15.3. The number of nitrogens with zero attached hydrogens (tertiary/aromatic N) is 2. The average Bonchev–Trinajstić information content (AvgIpc) is 2.70. The predicted molar refractivity (Wildman–Crippen MR) is 69.0 cm³/mol. The number of rotatable bonds is 4. The highest BCUT2D eigenvalue weighted by Gasteiger charge is 2.21. The molecule has 2 aromatic rings. The Balaban J connectivity index is 2.08. The molecule has 4 nitrogen and oxygen atoms in total. The molecule has 1 aromatic carbocycles. The highest BCUT2D eigenvalue weighted by molar-refractivity contribution is 6.16. The summed E-state index contributed by atoms with van der Waals surface area (Å²) >= 11 is 5.93. The highest BCUT2D eigenvalue weighted by atomic mass is 35.5. The van der Waals surface area contributed by atoms with E-state index in [4.69, 9.17) is 16.3 Å². The summed E-state index contributed by atoms with van der Waals surface area (Å²) in [6.07, 6.45) is 2.15. The van der Waals surface area contributed by atoms with Crippen molar-refractivity contribution in [2.75, 3.05) is 6.61 Å². The molecule has 1 fully saturated rings. The van der Waals surface area contributed by atoms with E-state index in [9.17, 15) is 4.79 Å². The summed E-state index contributed by atoms with van der Waals surface area (Å²) in [6, 6.07) is 5.47. The van der Waals surface area contributed by atoms with Gasteiger partial charge in [0.15, 0.2) is 0 Å². The van der Waals surface area contributed by atoms with Gasteiger partial charge in [-0.25, -0.2) is 4.98 Å². The zero-order chi connectivity index (χ0) is 12.5. The van der Waals surface area contributed by atoms with Crippen LogP contribution in [0.2, 0.25) is 0 Å². The maximum absolute atomic E-state index is 10.8. The monoisotopic (exact) mass is 264 g/mol. The number of alkyl halides is 1. The fraction of sp³-hybridized carbons (Fsp3) is 0.385. The molecule has 1 atom stereocenters. The van der Waals surface area contributed by atoms with E-state index in [0.29, 0.717) is 11.4 Å². The summed E-state index contributed by atoms with van der Waals surface area (Å²) in [6.45, 7) is 1.58. The van der Waals surface area contributed by atoms with Gasteiger partial charge in [0.25, 0.3) is 0 Å². The highest BCUT2D eigenvalue weighted by Crippen LogP contribution is 2.22. The molecule has 0 spiro atoms. The second kappa shape index (κ2) is 4.71. The smallest absolute Gasteiger partial charge is 0.150 e. The molecule has 0 radical (unpaired) electrons. The van der Waals surface area contributed by atoms with Crippen LogP contribution in [0, 0.1) is 0 Å². The summed E-state index contributed by atoms with van der Waals surface area (Å²) in [5.74, 6) is 1.18. The first-order chi connectivity index (χ1) is 8.81. The molecule has 1 unspecified atom stereocenters. The molecule has 1 saturated heterocycles. The number of hydrogen-bond acceptors (Lipinski definition) is 3. The molecule has 18 heavy (non-hydrogen) atoms. The SMILES string of the molecule is O=Cc1ccc2nc(CCl)n(CC3CCO3)c2c1. The molecule has 2 heterocycles. The van der Waals surface area contributed by atoms with E-state index in [2.05, 4.69) is 9.55 Å². The van der Waals surface area contributed by atoms with Crippen LogP contribution < -0.4 is 0 Å². The van der Waals surface area contributed by atoms with Crippen molar-refractivity contribution >= 4 is 28.9 Å². The van der Waals surface area contributed by atoms with Crippen LogP contribution in [0.3, 0.4) is 0 Å². The molecule has 0 bridgehead atoms. The van der Waals surface area contributed by atoms with Gasteiger partial charge in [0.05, 0.1) is 29.6 Å². The van der Waals surface area contributed by atoms with E-state index >= 15 is 0 Å². The first kappa shape index (κ1) is 11.7. The van der Waals surface area contributed by atoms with Gasteiger partial charge in [0, 0.05) is 12.2 Å². The molecule has 0 aliphatic carbocycles. The van der Waals surface area contributed by atoms with Crippen LogP contribution in [0.15, 0.2) is 18.2 Å². The van der Waals surface area contributed by atoms with Crippen molar-refractivity contribution in [3.63, 3.8) is 0 Å². The lowest BCUT2D eigenvalue weighted by atomic mass is 10.2. The number of carbonyl (C=O) groups excluding carboxylic acids is 1. The van der Waals surface area contributed by atoms with Crippen molar-refractivity contribution < 1.29 is 9.53 Å². The third kappa shape index (κ3) is 1.91. The molecule has 1 aliphatic heterocycles. The Kier molecular flexibility index (Phi) is 3.06. The minimum Gasteiger partial charge on any atom is -0.376 e. The minimum absolute atomic E-state index is 0.240. The van der Waals surface area contributed by atoms with E-state index in [-0.39, 0.29) is 6.10 Å². The van der Waals surface area contributed by atoms with Crippen molar-refractivity contribution in [1.82, 2.24) is 9.55 Å². The number of aldehydes is 1. The lowest BCUT2D eigenvalue weighted by molar-refractivity contribution is -0.0589. The van der Waals surface area contributed by atoms with Crippen LogP contribution in [-0.2, 0) is 17.2 Å². The molecule has 1 aromatic heterocycles. The van der Waals surface area contributed by atoms with Crippen molar-refractivity contribution in [3.8, 4) is 0 Å². The topological polar surface area (TPSA) is 44.1 Å². The molecule has 94 valence electrons. The predicted octanol–water partition coefficient (Wildman–Crippen LogP) is 2.38. The van der Waals surface area contributed by atoms with Crippen LogP contribution in [0.4, 0.5) is 0 Å². The van der Waals surface area contributed by atoms with Gasteiger partial charge in [0.2, 0.25) is 0 Å². The quantitative estimate of drug-likeness (QED) is 0.629. The van der Waals surface area contributed by atoms with Crippen LogP contribution >= 0.6 is 11.6 Å². The number of aromatic nitrogens is 2. The summed E-state index contributed by atoms with van der Waals surface area (Å²) in [7, 11) is 0. The number of ether oxygens (including phenoxy) is 1. The van der Waals surface area contributed by atoms with Crippen molar-refractivity contribution in [3.05, 3.63) is 29.6 Å². The molecular formula is C13H13ClN2O2. The normalized spacial score (nSPS) is 18.8. The fourth-order valence-corrected chi connectivity index (χ4v) is 2.40. The molecule has 5 heteroatoms. The van der Waals surface area contributed by atoms with Gasteiger partial charge >= 0.3 is 0 Å². The number of carbonyl (C=O) groups is 1. The Hall–Kier alpha value is -1.39. The first-order valence-electron chi connectivity index (χ1n) is 5.93. The van der Waals surface area contributed by atoms with Gasteiger partial charge in [-0.1, -0.05) is 0 Å². The Morgan fingerprint density at radius 3 is 3.00 bits per heavy atom.